The van der Waals surface area contributed by atoms with E-state index in [1.54, 1.807) is 7.11 Å². The second-order valence-corrected chi connectivity index (χ2v) is 6.05. The first kappa shape index (κ1) is 14.7. The highest BCUT2D eigenvalue weighted by Crippen LogP contribution is 2.29. The first-order chi connectivity index (χ1) is 9.20. The predicted octanol–water partition coefficient (Wildman–Crippen LogP) is 4.26. The second-order valence-electron chi connectivity index (χ2n) is 5.61. The van der Waals surface area contributed by atoms with Gasteiger partial charge in [-0.1, -0.05) is 37.8 Å². The number of rotatable bonds is 5. The van der Waals surface area contributed by atoms with Gasteiger partial charge < -0.3 is 10.1 Å². The summed E-state index contributed by atoms with van der Waals surface area (Å²) in [5.74, 6) is 2.58. The first-order valence-electron chi connectivity index (χ1n) is 7.24. The van der Waals surface area contributed by atoms with Gasteiger partial charge in [-0.2, -0.15) is 0 Å². The zero-order valence-corrected chi connectivity index (χ0v) is 12.7. The summed E-state index contributed by atoms with van der Waals surface area (Å²) in [6, 6.07) is 5.79. The van der Waals surface area contributed by atoms with Crippen LogP contribution in [0.1, 0.15) is 38.2 Å². The Morgan fingerprint density at radius 1 is 1.32 bits per heavy atom. The zero-order chi connectivity index (χ0) is 13.7. The van der Waals surface area contributed by atoms with E-state index in [4.69, 9.17) is 16.3 Å². The Kier molecular flexibility index (Phi) is 5.53. The maximum atomic E-state index is 6.04. The third-order valence-corrected chi connectivity index (χ3v) is 4.49. The minimum atomic E-state index is 0.767. The highest BCUT2D eigenvalue weighted by molar-refractivity contribution is 6.30. The lowest BCUT2D eigenvalue weighted by Crippen LogP contribution is -2.29. The van der Waals surface area contributed by atoms with Crippen molar-refractivity contribution >= 4 is 11.6 Å². The van der Waals surface area contributed by atoms with Gasteiger partial charge in [0.15, 0.2) is 0 Å². The molecule has 1 aromatic rings. The molecule has 1 aliphatic rings. The van der Waals surface area contributed by atoms with Crippen LogP contribution in [0.2, 0.25) is 5.02 Å². The molecule has 0 aromatic heterocycles. The molecule has 1 N–H and O–H groups in total. The number of hydrogen-bond acceptors (Lipinski definition) is 2. The van der Waals surface area contributed by atoms with E-state index in [-0.39, 0.29) is 0 Å². The second kappa shape index (κ2) is 7.16. The summed E-state index contributed by atoms with van der Waals surface area (Å²) in [6.07, 6.45) is 5.53. The van der Waals surface area contributed by atoms with Gasteiger partial charge in [0.25, 0.3) is 0 Å². The molecule has 1 saturated carbocycles. The molecule has 3 heteroatoms. The van der Waals surface area contributed by atoms with E-state index >= 15 is 0 Å². The maximum Gasteiger partial charge on any atom is 0.123 e. The van der Waals surface area contributed by atoms with E-state index < -0.39 is 0 Å². The molecule has 1 fully saturated rings. The van der Waals surface area contributed by atoms with Crippen molar-refractivity contribution in [3.8, 4) is 5.75 Å². The van der Waals surface area contributed by atoms with Gasteiger partial charge in [0.05, 0.1) is 7.11 Å². The SMILES string of the molecule is COc1ccc(Cl)cc1CNCC1CCCCC1C. The number of halogens is 1. The van der Waals surface area contributed by atoms with Crippen molar-refractivity contribution in [2.24, 2.45) is 11.8 Å². The van der Waals surface area contributed by atoms with Crippen LogP contribution >= 0.6 is 11.6 Å². The van der Waals surface area contributed by atoms with Crippen LogP contribution in [0, 0.1) is 11.8 Å². The normalized spacial score (nSPS) is 23.3. The number of methoxy groups -OCH3 is 1. The van der Waals surface area contributed by atoms with Gasteiger partial charge in [-0.05, 0) is 43.0 Å². The molecule has 0 aliphatic heterocycles. The Balaban J connectivity index is 1.86. The quantitative estimate of drug-likeness (QED) is 0.870. The fraction of sp³-hybridized carbons (Fsp3) is 0.625. The molecule has 0 saturated heterocycles. The van der Waals surface area contributed by atoms with Crippen LogP contribution < -0.4 is 10.1 Å². The molecule has 2 unspecified atom stereocenters. The summed E-state index contributed by atoms with van der Waals surface area (Å²) in [5.41, 5.74) is 1.14. The number of nitrogens with one attached hydrogen (secondary N) is 1. The molecule has 0 bridgehead atoms. The van der Waals surface area contributed by atoms with Crippen molar-refractivity contribution in [3.05, 3.63) is 28.8 Å². The van der Waals surface area contributed by atoms with Crippen LogP contribution in [0.15, 0.2) is 18.2 Å². The van der Waals surface area contributed by atoms with Crippen LogP contribution in [0.5, 0.6) is 5.75 Å². The Morgan fingerprint density at radius 2 is 2.11 bits per heavy atom. The Bertz CT molecular complexity index is 408. The van der Waals surface area contributed by atoms with E-state index in [2.05, 4.69) is 12.2 Å². The minimum Gasteiger partial charge on any atom is -0.496 e. The smallest absolute Gasteiger partial charge is 0.123 e. The fourth-order valence-corrected chi connectivity index (χ4v) is 3.17. The largest absolute Gasteiger partial charge is 0.496 e. The van der Waals surface area contributed by atoms with Gasteiger partial charge in [-0.3, -0.25) is 0 Å². The molecule has 2 rings (SSSR count). The van der Waals surface area contributed by atoms with Crippen LogP contribution in [0.3, 0.4) is 0 Å². The third kappa shape index (κ3) is 4.12. The minimum absolute atomic E-state index is 0.767. The van der Waals surface area contributed by atoms with Gasteiger partial charge >= 0.3 is 0 Å². The molecular weight excluding hydrogens is 258 g/mol. The van der Waals surface area contributed by atoms with Gasteiger partial charge in [-0.25, -0.2) is 0 Å². The van der Waals surface area contributed by atoms with Crippen molar-refractivity contribution in [3.63, 3.8) is 0 Å². The fourth-order valence-electron chi connectivity index (χ4n) is 2.97. The van der Waals surface area contributed by atoms with Gasteiger partial charge in [-0.15, -0.1) is 0 Å². The molecule has 19 heavy (non-hydrogen) atoms. The summed E-state index contributed by atoms with van der Waals surface area (Å²) in [5, 5.41) is 4.33. The van der Waals surface area contributed by atoms with Gasteiger partial charge in [0.1, 0.15) is 5.75 Å². The van der Waals surface area contributed by atoms with Crippen LogP contribution in [-0.4, -0.2) is 13.7 Å². The van der Waals surface area contributed by atoms with Crippen molar-refractivity contribution in [2.75, 3.05) is 13.7 Å². The number of ether oxygens (including phenoxy) is 1. The molecule has 1 aromatic carbocycles. The highest BCUT2D eigenvalue weighted by atomic mass is 35.5. The summed E-state index contributed by atoms with van der Waals surface area (Å²) in [7, 11) is 1.70. The lowest BCUT2D eigenvalue weighted by Gasteiger charge is -2.29. The zero-order valence-electron chi connectivity index (χ0n) is 11.9. The lowest BCUT2D eigenvalue weighted by molar-refractivity contribution is 0.247. The van der Waals surface area contributed by atoms with Gasteiger partial charge in [0, 0.05) is 17.1 Å². The predicted molar refractivity (Wildman–Crippen MR) is 80.8 cm³/mol. The summed E-state index contributed by atoms with van der Waals surface area (Å²) in [6.45, 7) is 4.30. The van der Waals surface area contributed by atoms with E-state index in [1.807, 2.05) is 18.2 Å². The summed E-state index contributed by atoms with van der Waals surface area (Å²) >= 11 is 6.04. The Hall–Kier alpha value is -0.730. The van der Waals surface area contributed by atoms with Crippen molar-refractivity contribution in [1.82, 2.24) is 5.32 Å². The molecule has 2 nitrogen and oxygen atoms in total. The summed E-state index contributed by atoms with van der Waals surface area (Å²) < 4.78 is 5.37. The summed E-state index contributed by atoms with van der Waals surface area (Å²) in [4.78, 5) is 0. The monoisotopic (exact) mass is 281 g/mol. The molecule has 1 aliphatic carbocycles. The number of benzene rings is 1. The Labute approximate surface area is 121 Å². The van der Waals surface area contributed by atoms with Crippen LogP contribution in [-0.2, 0) is 6.54 Å². The first-order valence-corrected chi connectivity index (χ1v) is 7.61. The van der Waals surface area contributed by atoms with E-state index in [0.29, 0.717) is 0 Å². The van der Waals surface area contributed by atoms with E-state index in [9.17, 15) is 0 Å². The number of hydrogen-bond donors (Lipinski definition) is 1. The van der Waals surface area contributed by atoms with Crippen molar-refractivity contribution in [1.29, 1.82) is 0 Å². The van der Waals surface area contributed by atoms with Crippen LogP contribution in [0.25, 0.3) is 0 Å². The maximum absolute atomic E-state index is 6.04. The lowest BCUT2D eigenvalue weighted by atomic mass is 9.80. The molecule has 0 spiro atoms. The average Bonchev–Trinajstić information content (AvgIpc) is 2.41. The van der Waals surface area contributed by atoms with Crippen molar-refractivity contribution in [2.45, 2.75) is 39.2 Å². The molecule has 0 radical (unpaired) electrons. The molecule has 0 amide bonds. The standard InChI is InChI=1S/C16H24ClNO/c1-12-5-3-4-6-13(12)10-18-11-14-9-15(17)7-8-16(14)19-2/h7-9,12-13,18H,3-6,10-11H2,1-2H3. The molecule has 106 valence electrons. The molecule has 2 atom stereocenters. The third-order valence-electron chi connectivity index (χ3n) is 4.25. The van der Waals surface area contributed by atoms with E-state index in [0.717, 1.165) is 41.3 Å². The van der Waals surface area contributed by atoms with Crippen LogP contribution in [0.4, 0.5) is 0 Å². The molecule has 0 heterocycles. The van der Waals surface area contributed by atoms with Gasteiger partial charge in [0.2, 0.25) is 0 Å². The van der Waals surface area contributed by atoms with Crippen molar-refractivity contribution < 1.29 is 4.74 Å². The topological polar surface area (TPSA) is 21.3 Å². The van der Waals surface area contributed by atoms with E-state index in [1.165, 1.54) is 25.7 Å². The molecular formula is C16H24ClNO. The Morgan fingerprint density at radius 3 is 2.84 bits per heavy atom. The average molecular weight is 282 g/mol. The highest BCUT2D eigenvalue weighted by Gasteiger charge is 2.20.